The summed E-state index contributed by atoms with van der Waals surface area (Å²) in [5.74, 6) is 0.920. The molecule has 0 radical (unpaired) electrons. The molecule has 76 valence electrons. The van der Waals surface area contributed by atoms with Gasteiger partial charge in [0.15, 0.2) is 0 Å². The summed E-state index contributed by atoms with van der Waals surface area (Å²) in [4.78, 5) is 0. The number of hydrogen-bond donors (Lipinski definition) is 0. The van der Waals surface area contributed by atoms with Gasteiger partial charge in [-0.15, -0.1) is 6.58 Å². The Hall–Kier alpha value is -1.76. The highest BCUT2D eigenvalue weighted by Crippen LogP contribution is 2.32. The zero-order chi connectivity index (χ0) is 10.7. The Morgan fingerprint density at radius 2 is 1.87 bits per heavy atom. The van der Waals surface area contributed by atoms with Crippen molar-refractivity contribution in [2.45, 2.75) is 12.3 Å². The number of allylic oxidation sites excluding steroid dienone is 1. The second-order valence-corrected chi connectivity index (χ2v) is 3.75. The predicted octanol–water partition coefficient (Wildman–Crippen LogP) is 3.77. The third-order valence-electron chi connectivity index (χ3n) is 2.81. The second kappa shape index (κ2) is 3.77. The van der Waals surface area contributed by atoms with E-state index in [0.29, 0.717) is 0 Å². The molecule has 0 bridgehead atoms. The molecule has 0 aliphatic carbocycles. The highest BCUT2D eigenvalue weighted by atomic mass is 16.3. The first-order valence-electron chi connectivity index (χ1n) is 5.00. The van der Waals surface area contributed by atoms with Gasteiger partial charge in [0.1, 0.15) is 5.76 Å². The van der Waals surface area contributed by atoms with Crippen LogP contribution in [0.25, 0.3) is 0 Å². The molecule has 15 heavy (non-hydrogen) atoms. The van der Waals surface area contributed by atoms with Crippen molar-refractivity contribution < 1.29 is 4.42 Å². The summed E-state index contributed by atoms with van der Waals surface area (Å²) in [7, 11) is 0. The predicted molar refractivity (Wildman–Crippen MR) is 61.8 cm³/mol. The van der Waals surface area contributed by atoms with Gasteiger partial charge in [0.2, 0.25) is 0 Å². The first kappa shape index (κ1) is 9.78. The molecule has 1 atom stereocenters. The van der Waals surface area contributed by atoms with Gasteiger partial charge in [-0.2, -0.15) is 0 Å². The third-order valence-corrected chi connectivity index (χ3v) is 2.81. The van der Waals surface area contributed by atoms with Gasteiger partial charge in [-0.25, -0.2) is 0 Å². The number of hydrogen-bond acceptors (Lipinski definition) is 1. The summed E-state index contributed by atoms with van der Waals surface area (Å²) >= 11 is 0. The topological polar surface area (TPSA) is 13.1 Å². The van der Waals surface area contributed by atoms with Crippen LogP contribution >= 0.6 is 0 Å². The summed E-state index contributed by atoms with van der Waals surface area (Å²) < 4.78 is 5.47. The normalized spacial score (nSPS) is 14.5. The third kappa shape index (κ3) is 1.61. The van der Waals surface area contributed by atoms with Crippen LogP contribution in [-0.2, 0) is 5.41 Å². The fourth-order valence-corrected chi connectivity index (χ4v) is 1.72. The maximum Gasteiger partial charge on any atom is 0.117 e. The summed E-state index contributed by atoms with van der Waals surface area (Å²) in [5, 5.41) is 0. The fraction of sp³-hybridized carbons (Fsp3) is 0.143. The molecule has 0 aliphatic heterocycles. The van der Waals surface area contributed by atoms with Gasteiger partial charge < -0.3 is 4.42 Å². The van der Waals surface area contributed by atoms with Crippen molar-refractivity contribution in [1.29, 1.82) is 0 Å². The molecular formula is C14H14O. The molecule has 1 heterocycles. The van der Waals surface area contributed by atoms with Gasteiger partial charge in [0.25, 0.3) is 0 Å². The van der Waals surface area contributed by atoms with Crippen LogP contribution in [0.5, 0.6) is 0 Å². The van der Waals surface area contributed by atoms with Gasteiger partial charge in [0.05, 0.1) is 11.7 Å². The first-order chi connectivity index (χ1) is 7.27. The fourth-order valence-electron chi connectivity index (χ4n) is 1.72. The van der Waals surface area contributed by atoms with Crippen molar-refractivity contribution in [3.8, 4) is 0 Å². The molecule has 1 nitrogen and oxygen atoms in total. The molecule has 0 saturated heterocycles. The van der Waals surface area contributed by atoms with Crippen LogP contribution in [0.1, 0.15) is 18.2 Å². The Kier molecular flexibility index (Phi) is 2.46. The molecule has 0 fully saturated rings. The van der Waals surface area contributed by atoms with E-state index >= 15 is 0 Å². The van der Waals surface area contributed by atoms with E-state index in [0.717, 1.165) is 5.76 Å². The Labute approximate surface area is 90.1 Å². The minimum Gasteiger partial charge on any atom is -0.468 e. The molecule has 0 N–H and O–H groups in total. The average Bonchev–Trinajstić information content (AvgIpc) is 2.83. The highest BCUT2D eigenvalue weighted by Gasteiger charge is 2.27. The van der Waals surface area contributed by atoms with Gasteiger partial charge in [-0.1, -0.05) is 36.4 Å². The van der Waals surface area contributed by atoms with E-state index < -0.39 is 0 Å². The van der Waals surface area contributed by atoms with E-state index in [4.69, 9.17) is 4.42 Å². The number of furan rings is 1. The van der Waals surface area contributed by atoms with Crippen molar-refractivity contribution >= 4 is 0 Å². The van der Waals surface area contributed by atoms with Crippen LogP contribution in [-0.4, -0.2) is 0 Å². The maximum atomic E-state index is 5.47. The van der Waals surface area contributed by atoms with Crippen molar-refractivity contribution in [2.24, 2.45) is 0 Å². The average molecular weight is 198 g/mol. The molecule has 0 amide bonds. The summed E-state index contributed by atoms with van der Waals surface area (Å²) in [6.07, 6.45) is 3.61. The quantitative estimate of drug-likeness (QED) is 0.684. The largest absolute Gasteiger partial charge is 0.468 e. The van der Waals surface area contributed by atoms with Crippen molar-refractivity contribution in [3.63, 3.8) is 0 Å². The summed E-state index contributed by atoms with van der Waals surface area (Å²) in [6.45, 7) is 6.01. The molecule has 0 saturated carbocycles. The standard InChI is InChI=1S/C14H14O/c1-3-14(2,13-10-7-11-15-13)12-8-5-4-6-9-12/h3-11H,1H2,2H3/t14-/m0/s1. The summed E-state index contributed by atoms with van der Waals surface area (Å²) in [5.41, 5.74) is 0.944. The van der Waals surface area contributed by atoms with Crippen molar-refractivity contribution in [3.05, 3.63) is 72.7 Å². The van der Waals surface area contributed by atoms with Gasteiger partial charge in [0, 0.05) is 0 Å². The smallest absolute Gasteiger partial charge is 0.117 e. The van der Waals surface area contributed by atoms with Gasteiger partial charge in [-0.05, 0) is 24.6 Å². The molecule has 2 rings (SSSR count). The lowest BCUT2D eigenvalue weighted by Gasteiger charge is -2.23. The van der Waals surface area contributed by atoms with Crippen LogP contribution < -0.4 is 0 Å². The second-order valence-electron chi connectivity index (χ2n) is 3.75. The molecule has 0 aliphatic rings. The molecule has 0 spiro atoms. The van der Waals surface area contributed by atoms with Crippen LogP contribution in [0.2, 0.25) is 0 Å². The maximum absolute atomic E-state index is 5.47. The van der Waals surface area contributed by atoms with Crippen molar-refractivity contribution in [1.82, 2.24) is 0 Å². The van der Waals surface area contributed by atoms with Gasteiger partial charge in [-0.3, -0.25) is 0 Å². The van der Waals surface area contributed by atoms with E-state index in [-0.39, 0.29) is 5.41 Å². The molecular weight excluding hydrogens is 184 g/mol. The Balaban J connectivity index is 2.52. The molecule has 2 aromatic rings. The monoisotopic (exact) mass is 198 g/mol. The van der Waals surface area contributed by atoms with E-state index in [2.05, 4.69) is 25.6 Å². The Bertz CT molecular complexity index is 428. The lowest BCUT2D eigenvalue weighted by atomic mass is 9.80. The van der Waals surface area contributed by atoms with Crippen LogP contribution in [0.15, 0.2) is 65.8 Å². The zero-order valence-corrected chi connectivity index (χ0v) is 8.81. The lowest BCUT2D eigenvalue weighted by molar-refractivity contribution is 0.455. The van der Waals surface area contributed by atoms with Crippen LogP contribution in [0.4, 0.5) is 0 Å². The molecule has 1 heteroatoms. The Morgan fingerprint density at radius 3 is 2.40 bits per heavy atom. The van der Waals surface area contributed by atoms with Crippen molar-refractivity contribution in [2.75, 3.05) is 0 Å². The van der Waals surface area contributed by atoms with E-state index in [9.17, 15) is 0 Å². The van der Waals surface area contributed by atoms with Crippen LogP contribution in [0, 0.1) is 0 Å². The minimum absolute atomic E-state index is 0.245. The first-order valence-corrected chi connectivity index (χ1v) is 5.00. The van der Waals surface area contributed by atoms with E-state index in [1.807, 2.05) is 36.4 Å². The molecule has 1 aromatic heterocycles. The van der Waals surface area contributed by atoms with Gasteiger partial charge >= 0.3 is 0 Å². The Morgan fingerprint density at radius 1 is 1.13 bits per heavy atom. The zero-order valence-electron chi connectivity index (χ0n) is 8.81. The summed E-state index contributed by atoms with van der Waals surface area (Å²) in [6, 6.07) is 14.1. The van der Waals surface area contributed by atoms with Crippen LogP contribution in [0.3, 0.4) is 0 Å². The molecule has 1 aromatic carbocycles. The van der Waals surface area contributed by atoms with E-state index in [1.165, 1.54) is 5.56 Å². The SMILES string of the molecule is C=C[C@@](C)(c1ccccc1)c1ccco1. The minimum atomic E-state index is -0.245. The number of rotatable bonds is 3. The molecule has 0 unspecified atom stereocenters. The number of benzene rings is 1. The van der Waals surface area contributed by atoms with E-state index in [1.54, 1.807) is 6.26 Å². The highest BCUT2D eigenvalue weighted by molar-refractivity contribution is 5.38. The lowest BCUT2D eigenvalue weighted by Crippen LogP contribution is -2.19.